The molecule has 0 saturated carbocycles. The fraction of sp³-hybridized carbons (Fsp3) is 0.737. The third-order valence-electron chi connectivity index (χ3n) is 5.81. The zero-order valence-corrected chi connectivity index (χ0v) is 15.6. The summed E-state index contributed by atoms with van der Waals surface area (Å²) < 4.78 is 5.21. The Morgan fingerprint density at radius 2 is 1.88 bits per heavy atom. The van der Waals surface area contributed by atoms with E-state index >= 15 is 0 Å². The van der Waals surface area contributed by atoms with Crippen molar-refractivity contribution < 1.29 is 14.1 Å². The van der Waals surface area contributed by atoms with E-state index < -0.39 is 0 Å². The first-order chi connectivity index (χ1) is 12.0. The SMILES string of the molecule is CCc1noc(C)c1C(=O)N1CCC(C2CCCCN2C(C)=O)CC1. The molecule has 1 aromatic rings. The largest absolute Gasteiger partial charge is 0.361 e. The molecule has 0 aromatic carbocycles. The van der Waals surface area contributed by atoms with Crippen molar-refractivity contribution in [3.05, 3.63) is 17.0 Å². The number of hydrogen-bond donors (Lipinski definition) is 0. The quantitative estimate of drug-likeness (QED) is 0.843. The van der Waals surface area contributed by atoms with Gasteiger partial charge in [-0.3, -0.25) is 9.59 Å². The standard InChI is InChI=1S/C19H29N3O3/c1-4-16-18(13(2)25-20-16)19(24)21-11-8-15(9-12-21)17-7-5-6-10-22(17)14(3)23/h15,17H,4-12H2,1-3H3. The normalized spacial score (nSPS) is 22.3. The van der Waals surface area contributed by atoms with E-state index in [0.717, 1.165) is 51.0 Å². The lowest BCUT2D eigenvalue weighted by molar-refractivity contribution is -0.134. The third kappa shape index (κ3) is 3.58. The number of carbonyl (C=O) groups is 2. The molecule has 0 N–H and O–H groups in total. The average Bonchev–Trinajstić information content (AvgIpc) is 3.02. The molecule has 25 heavy (non-hydrogen) atoms. The second-order valence-corrected chi connectivity index (χ2v) is 7.32. The number of aryl methyl sites for hydroxylation is 2. The van der Waals surface area contributed by atoms with Gasteiger partial charge in [0.15, 0.2) is 0 Å². The van der Waals surface area contributed by atoms with Gasteiger partial charge in [-0.05, 0) is 51.4 Å². The predicted octanol–water partition coefficient (Wildman–Crippen LogP) is 2.80. The van der Waals surface area contributed by atoms with E-state index in [0.29, 0.717) is 29.7 Å². The number of aromatic nitrogens is 1. The molecule has 138 valence electrons. The topological polar surface area (TPSA) is 66.7 Å². The summed E-state index contributed by atoms with van der Waals surface area (Å²) in [7, 11) is 0. The number of likely N-dealkylation sites (tertiary alicyclic amines) is 2. The van der Waals surface area contributed by atoms with E-state index in [-0.39, 0.29) is 11.8 Å². The molecule has 3 rings (SSSR count). The lowest BCUT2D eigenvalue weighted by Gasteiger charge is -2.43. The van der Waals surface area contributed by atoms with Gasteiger partial charge in [0.05, 0.1) is 5.69 Å². The Morgan fingerprint density at radius 1 is 1.16 bits per heavy atom. The molecular formula is C19H29N3O3. The van der Waals surface area contributed by atoms with Crippen molar-refractivity contribution in [3.63, 3.8) is 0 Å². The molecule has 0 bridgehead atoms. The molecule has 2 aliphatic rings. The van der Waals surface area contributed by atoms with Crippen LogP contribution in [-0.2, 0) is 11.2 Å². The maximum Gasteiger partial charge on any atom is 0.259 e. The van der Waals surface area contributed by atoms with E-state index in [1.807, 2.05) is 11.8 Å². The van der Waals surface area contributed by atoms with Crippen LogP contribution < -0.4 is 0 Å². The first kappa shape index (κ1) is 18.0. The molecular weight excluding hydrogens is 318 g/mol. The highest BCUT2D eigenvalue weighted by molar-refractivity contribution is 5.96. The molecule has 0 radical (unpaired) electrons. The van der Waals surface area contributed by atoms with Crippen LogP contribution in [0.15, 0.2) is 4.52 Å². The van der Waals surface area contributed by atoms with Gasteiger partial charge in [-0.1, -0.05) is 12.1 Å². The fourth-order valence-electron chi connectivity index (χ4n) is 4.42. The van der Waals surface area contributed by atoms with Crippen molar-refractivity contribution in [3.8, 4) is 0 Å². The molecule has 6 heteroatoms. The van der Waals surface area contributed by atoms with Gasteiger partial charge >= 0.3 is 0 Å². The van der Waals surface area contributed by atoms with Gasteiger partial charge in [0.25, 0.3) is 5.91 Å². The van der Waals surface area contributed by atoms with Crippen LogP contribution in [0.1, 0.15) is 67.8 Å². The molecule has 1 aromatic heterocycles. The summed E-state index contributed by atoms with van der Waals surface area (Å²) in [6, 6.07) is 0.354. The maximum absolute atomic E-state index is 12.9. The monoisotopic (exact) mass is 347 g/mol. The Balaban J connectivity index is 1.64. The summed E-state index contributed by atoms with van der Waals surface area (Å²) in [5, 5.41) is 4.00. The van der Waals surface area contributed by atoms with Crippen LogP contribution >= 0.6 is 0 Å². The number of carbonyl (C=O) groups excluding carboxylic acids is 2. The molecule has 6 nitrogen and oxygen atoms in total. The second kappa shape index (κ2) is 7.58. The van der Waals surface area contributed by atoms with Crippen molar-refractivity contribution in [2.24, 2.45) is 5.92 Å². The van der Waals surface area contributed by atoms with Crippen molar-refractivity contribution in [2.75, 3.05) is 19.6 Å². The number of nitrogens with zero attached hydrogens (tertiary/aromatic N) is 3. The first-order valence-corrected chi connectivity index (χ1v) is 9.54. The zero-order chi connectivity index (χ0) is 18.0. The highest BCUT2D eigenvalue weighted by Gasteiger charge is 2.35. The minimum Gasteiger partial charge on any atom is -0.361 e. The Morgan fingerprint density at radius 3 is 2.52 bits per heavy atom. The van der Waals surface area contributed by atoms with Crippen LogP contribution in [0.3, 0.4) is 0 Å². The summed E-state index contributed by atoms with van der Waals surface area (Å²) in [6.07, 6.45) is 6.04. The number of amides is 2. The smallest absolute Gasteiger partial charge is 0.259 e. The molecule has 2 aliphatic heterocycles. The van der Waals surface area contributed by atoms with Gasteiger partial charge in [-0.2, -0.15) is 0 Å². The van der Waals surface area contributed by atoms with Gasteiger partial charge < -0.3 is 14.3 Å². The molecule has 0 aliphatic carbocycles. The molecule has 2 amide bonds. The molecule has 2 fully saturated rings. The Hall–Kier alpha value is -1.85. The molecule has 0 spiro atoms. The van der Waals surface area contributed by atoms with Gasteiger partial charge in [-0.25, -0.2) is 0 Å². The van der Waals surface area contributed by atoms with E-state index in [2.05, 4.69) is 10.1 Å². The summed E-state index contributed by atoms with van der Waals surface area (Å²) >= 11 is 0. The van der Waals surface area contributed by atoms with Crippen LogP contribution in [0.25, 0.3) is 0 Å². The summed E-state index contributed by atoms with van der Waals surface area (Å²) in [5.41, 5.74) is 1.39. The predicted molar refractivity (Wildman–Crippen MR) is 94.3 cm³/mol. The summed E-state index contributed by atoms with van der Waals surface area (Å²) in [4.78, 5) is 28.8. The van der Waals surface area contributed by atoms with Crippen molar-refractivity contribution >= 4 is 11.8 Å². The van der Waals surface area contributed by atoms with Crippen molar-refractivity contribution in [1.82, 2.24) is 15.0 Å². The highest BCUT2D eigenvalue weighted by Crippen LogP contribution is 2.31. The molecule has 1 atom stereocenters. The van der Waals surface area contributed by atoms with Crippen LogP contribution in [0.4, 0.5) is 0 Å². The van der Waals surface area contributed by atoms with Crippen molar-refractivity contribution in [2.45, 2.75) is 65.3 Å². The van der Waals surface area contributed by atoms with Gasteiger partial charge in [0.2, 0.25) is 5.91 Å². The lowest BCUT2D eigenvalue weighted by Crippen LogP contribution is -2.50. The minimum absolute atomic E-state index is 0.0427. The Kier molecular flexibility index (Phi) is 5.45. The van der Waals surface area contributed by atoms with Crippen molar-refractivity contribution in [1.29, 1.82) is 0 Å². The minimum atomic E-state index is 0.0427. The maximum atomic E-state index is 12.9. The number of hydrogen-bond acceptors (Lipinski definition) is 4. The van der Waals surface area contributed by atoms with Crippen LogP contribution in [0.5, 0.6) is 0 Å². The van der Waals surface area contributed by atoms with Gasteiger partial charge in [-0.15, -0.1) is 0 Å². The van der Waals surface area contributed by atoms with E-state index in [4.69, 9.17) is 4.52 Å². The summed E-state index contributed by atoms with van der Waals surface area (Å²) in [5.74, 6) is 1.35. The Labute approximate surface area is 149 Å². The Bertz CT molecular complexity index is 632. The van der Waals surface area contributed by atoms with Gasteiger partial charge in [0.1, 0.15) is 11.3 Å². The second-order valence-electron chi connectivity index (χ2n) is 7.32. The third-order valence-corrected chi connectivity index (χ3v) is 5.81. The fourth-order valence-corrected chi connectivity index (χ4v) is 4.42. The first-order valence-electron chi connectivity index (χ1n) is 9.54. The zero-order valence-electron chi connectivity index (χ0n) is 15.6. The molecule has 2 saturated heterocycles. The average molecular weight is 347 g/mol. The molecule has 1 unspecified atom stereocenters. The van der Waals surface area contributed by atoms with Crippen LogP contribution in [-0.4, -0.2) is 52.4 Å². The van der Waals surface area contributed by atoms with Gasteiger partial charge in [0, 0.05) is 32.6 Å². The highest BCUT2D eigenvalue weighted by atomic mass is 16.5. The number of rotatable bonds is 3. The molecule has 3 heterocycles. The number of piperidine rings is 2. The lowest BCUT2D eigenvalue weighted by atomic mass is 9.83. The van der Waals surface area contributed by atoms with E-state index in [1.165, 1.54) is 6.42 Å². The van der Waals surface area contributed by atoms with Crippen LogP contribution in [0, 0.1) is 12.8 Å². The van der Waals surface area contributed by atoms with E-state index in [1.54, 1.807) is 13.8 Å². The van der Waals surface area contributed by atoms with E-state index in [9.17, 15) is 9.59 Å². The summed E-state index contributed by atoms with van der Waals surface area (Å²) in [6.45, 7) is 7.86. The van der Waals surface area contributed by atoms with Crippen LogP contribution in [0.2, 0.25) is 0 Å².